The Kier molecular flexibility index (Phi) is 7.69. The molecule has 2 aromatic carbocycles. The molecule has 1 atom stereocenters. The molecule has 2 amide bonds. The second-order valence-electron chi connectivity index (χ2n) is 7.80. The zero-order valence-electron chi connectivity index (χ0n) is 19.1. The summed E-state index contributed by atoms with van der Waals surface area (Å²) in [6, 6.07) is 13.1. The molecule has 0 aliphatic carbocycles. The van der Waals surface area contributed by atoms with Gasteiger partial charge < -0.3 is 15.2 Å². The van der Waals surface area contributed by atoms with Crippen LogP contribution in [-0.4, -0.2) is 32.3 Å². The molecule has 0 unspecified atom stereocenters. The Morgan fingerprint density at radius 2 is 1.81 bits per heavy atom. The number of hydrogen-bond donors (Lipinski definition) is 2. The molecule has 168 valence electrons. The fourth-order valence-electron chi connectivity index (χ4n) is 3.34. The van der Waals surface area contributed by atoms with Crippen LogP contribution >= 0.6 is 11.8 Å². The summed E-state index contributed by atoms with van der Waals surface area (Å²) in [6.07, 6.45) is 0. The van der Waals surface area contributed by atoms with Crippen LogP contribution in [0, 0.1) is 20.8 Å². The van der Waals surface area contributed by atoms with Crippen LogP contribution in [0.5, 0.6) is 0 Å². The first kappa shape index (κ1) is 23.5. The van der Waals surface area contributed by atoms with Crippen LogP contribution in [0.4, 0.5) is 5.69 Å². The van der Waals surface area contributed by atoms with Crippen LogP contribution in [-0.2, 0) is 11.3 Å². The number of aromatic nitrogens is 3. The van der Waals surface area contributed by atoms with E-state index in [1.165, 1.54) is 11.8 Å². The summed E-state index contributed by atoms with van der Waals surface area (Å²) in [7, 11) is 0. The van der Waals surface area contributed by atoms with Gasteiger partial charge in [0.2, 0.25) is 5.91 Å². The Hall–Kier alpha value is -3.13. The maximum atomic E-state index is 12.6. The molecule has 1 aromatic heterocycles. The molecule has 0 bridgehead atoms. The Morgan fingerprint density at radius 1 is 1.06 bits per heavy atom. The predicted octanol–water partition coefficient (Wildman–Crippen LogP) is 4.45. The number of aryl methyl sites for hydroxylation is 3. The molecule has 0 radical (unpaired) electrons. The number of anilines is 1. The molecule has 1 heterocycles. The summed E-state index contributed by atoms with van der Waals surface area (Å²) in [5, 5.41) is 15.1. The Balaban J connectivity index is 1.64. The van der Waals surface area contributed by atoms with E-state index < -0.39 is 0 Å². The van der Waals surface area contributed by atoms with Gasteiger partial charge in [0.1, 0.15) is 0 Å². The molecule has 0 saturated heterocycles. The predicted molar refractivity (Wildman–Crippen MR) is 128 cm³/mol. The summed E-state index contributed by atoms with van der Waals surface area (Å²) in [4.78, 5) is 25.1. The molecule has 3 aromatic rings. The lowest BCUT2D eigenvalue weighted by Crippen LogP contribution is -2.28. The van der Waals surface area contributed by atoms with Crippen LogP contribution < -0.4 is 10.6 Å². The summed E-state index contributed by atoms with van der Waals surface area (Å²) in [5.41, 5.74) is 4.57. The Labute approximate surface area is 193 Å². The monoisotopic (exact) mass is 451 g/mol. The van der Waals surface area contributed by atoms with Crippen LogP contribution in [0.2, 0.25) is 0 Å². The molecule has 0 aliphatic rings. The third-order valence-corrected chi connectivity index (χ3v) is 6.04. The van der Waals surface area contributed by atoms with Crippen molar-refractivity contribution in [1.29, 1.82) is 0 Å². The second kappa shape index (κ2) is 10.5. The molecule has 0 aliphatic heterocycles. The van der Waals surface area contributed by atoms with Crippen molar-refractivity contribution < 1.29 is 9.59 Å². The van der Waals surface area contributed by atoms with E-state index in [-0.39, 0.29) is 23.6 Å². The van der Waals surface area contributed by atoms with E-state index in [9.17, 15) is 9.59 Å². The first-order valence-corrected chi connectivity index (χ1v) is 11.6. The fourth-order valence-corrected chi connectivity index (χ4v) is 4.15. The second-order valence-corrected chi connectivity index (χ2v) is 8.75. The number of nitrogens with one attached hydrogen (secondary N) is 2. The fraction of sp³-hybridized carbons (Fsp3) is 0.333. The van der Waals surface area contributed by atoms with Crippen molar-refractivity contribution in [2.45, 2.75) is 52.4 Å². The standard InChI is InChI=1S/C24H29N5O2S/c1-6-29-22(18(5)25-23(31)19-9-7-8-15(2)12-19)27-28-24(29)32-14-21(30)26-20-13-16(3)10-11-17(20)4/h7-13,18H,6,14H2,1-5H3,(H,25,31)(H,26,30)/t18-/m1/s1. The largest absolute Gasteiger partial charge is 0.342 e. The Bertz CT molecular complexity index is 1130. The van der Waals surface area contributed by atoms with E-state index >= 15 is 0 Å². The van der Waals surface area contributed by atoms with Crippen LogP contribution in [0.3, 0.4) is 0 Å². The van der Waals surface area contributed by atoms with E-state index in [0.29, 0.717) is 23.1 Å². The number of carbonyl (C=O) groups excluding carboxylic acids is 2. The lowest BCUT2D eigenvalue weighted by Gasteiger charge is -2.15. The van der Waals surface area contributed by atoms with Gasteiger partial charge in [-0.15, -0.1) is 10.2 Å². The topological polar surface area (TPSA) is 88.9 Å². The average molecular weight is 452 g/mol. The van der Waals surface area contributed by atoms with Gasteiger partial charge in [-0.3, -0.25) is 9.59 Å². The van der Waals surface area contributed by atoms with E-state index in [1.54, 1.807) is 6.07 Å². The van der Waals surface area contributed by atoms with Crippen LogP contribution in [0.15, 0.2) is 47.6 Å². The minimum absolute atomic E-state index is 0.100. The summed E-state index contributed by atoms with van der Waals surface area (Å²) in [6.45, 7) is 10.4. The average Bonchev–Trinajstić information content (AvgIpc) is 3.18. The van der Waals surface area contributed by atoms with Gasteiger partial charge in [-0.2, -0.15) is 0 Å². The zero-order chi connectivity index (χ0) is 23.3. The van der Waals surface area contributed by atoms with E-state index in [4.69, 9.17) is 0 Å². The first-order chi connectivity index (χ1) is 15.3. The molecular weight excluding hydrogens is 422 g/mol. The molecule has 0 spiro atoms. The van der Waals surface area contributed by atoms with E-state index in [1.807, 2.05) is 75.6 Å². The lowest BCUT2D eigenvalue weighted by molar-refractivity contribution is -0.113. The van der Waals surface area contributed by atoms with Gasteiger partial charge in [0, 0.05) is 17.8 Å². The minimum atomic E-state index is -0.325. The highest BCUT2D eigenvalue weighted by atomic mass is 32.2. The number of carbonyl (C=O) groups is 2. The number of thioether (sulfide) groups is 1. The highest BCUT2D eigenvalue weighted by Gasteiger charge is 2.20. The molecule has 0 fully saturated rings. The first-order valence-electron chi connectivity index (χ1n) is 10.6. The van der Waals surface area contributed by atoms with E-state index in [0.717, 1.165) is 22.4 Å². The third-order valence-electron chi connectivity index (χ3n) is 5.08. The van der Waals surface area contributed by atoms with Gasteiger partial charge in [-0.05, 0) is 63.9 Å². The zero-order valence-corrected chi connectivity index (χ0v) is 19.9. The normalized spacial score (nSPS) is 11.8. The maximum absolute atomic E-state index is 12.6. The van der Waals surface area contributed by atoms with Crippen molar-refractivity contribution in [3.8, 4) is 0 Å². The summed E-state index contributed by atoms with van der Waals surface area (Å²) >= 11 is 1.33. The SMILES string of the molecule is CCn1c(SCC(=O)Nc2cc(C)ccc2C)nnc1[C@@H](C)NC(=O)c1cccc(C)c1. The molecule has 8 heteroatoms. The number of amides is 2. The number of benzene rings is 2. The molecule has 32 heavy (non-hydrogen) atoms. The highest BCUT2D eigenvalue weighted by Crippen LogP contribution is 2.22. The third kappa shape index (κ3) is 5.76. The number of nitrogens with zero attached hydrogens (tertiary/aromatic N) is 3. The number of hydrogen-bond acceptors (Lipinski definition) is 5. The van der Waals surface area contributed by atoms with Gasteiger partial charge in [0.15, 0.2) is 11.0 Å². The quantitative estimate of drug-likeness (QED) is 0.494. The van der Waals surface area contributed by atoms with Crippen molar-refractivity contribution in [2.75, 3.05) is 11.1 Å². The van der Waals surface area contributed by atoms with Crippen molar-refractivity contribution >= 4 is 29.3 Å². The van der Waals surface area contributed by atoms with Crippen LogP contribution in [0.25, 0.3) is 0 Å². The van der Waals surface area contributed by atoms with Gasteiger partial charge in [0.25, 0.3) is 5.91 Å². The van der Waals surface area contributed by atoms with Crippen molar-refractivity contribution in [3.05, 3.63) is 70.5 Å². The molecule has 7 nitrogen and oxygen atoms in total. The van der Waals surface area contributed by atoms with Gasteiger partial charge in [0.05, 0.1) is 11.8 Å². The summed E-state index contributed by atoms with van der Waals surface area (Å²) in [5.74, 6) is 0.617. The Morgan fingerprint density at radius 3 is 2.53 bits per heavy atom. The minimum Gasteiger partial charge on any atom is -0.342 e. The molecule has 0 saturated carbocycles. The molecule has 3 rings (SSSR count). The highest BCUT2D eigenvalue weighted by molar-refractivity contribution is 7.99. The number of rotatable bonds is 8. The van der Waals surface area contributed by atoms with E-state index in [2.05, 4.69) is 20.8 Å². The van der Waals surface area contributed by atoms with Crippen molar-refractivity contribution in [1.82, 2.24) is 20.1 Å². The van der Waals surface area contributed by atoms with Crippen molar-refractivity contribution in [3.63, 3.8) is 0 Å². The van der Waals surface area contributed by atoms with Gasteiger partial charge in [-0.25, -0.2) is 0 Å². The van der Waals surface area contributed by atoms with Crippen molar-refractivity contribution in [2.24, 2.45) is 0 Å². The molecular formula is C24H29N5O2S. The van der Waals surface area contributed by atoms with Gasteiger partial charge in [-0.1, -0.05) is 41.6 Å². The maximum Gasteiger partial charge on any atom is 0.251 e. The smallest absolute Gasteiger partial charge is 0.251 e. The van der Waals surface area contributed by atoms with Gasteiger partial charge >= 0.3 is 0 Å². The molecule has 2 N–H and O–H groups in total. The lowest BCUT2D eigenvalue weighted by atomic mass is 10.1. The summed E-state index contributed by atoms with van der Waals surface area (Å²) < 4.78 is 1.93. The van der Waals surface area contributed by atoms with Crippen LogP contribution in [0.1, 0.15) is 52.8 Å².